The van der Waals surface area contributed by atoms with Gasteiger partial charge in [0.2, 0.25) is 0 Å². The average Bonchev–Trinajstić information content (AvgIpc) is 2.28. The number of esters is 1. The highest BCUT2D eigenvalue weighted by Crippen LogP contribution is 2.27. The topological polar surface area (TPSA) is 38.3 Å². The van der Waals surface area contributed by atoms with Crippen LogP contribution in [-0.2, 0) is 9.53 Å². The van der Waals surface area contributed by atoms with Gasteiger partial charge in [0, 0.05) is 11.3 Å². The summed E-state index contributed by atoms with van der Waals surface area (Å²) in [5, 5.41) is 3.96. The van der Waals surface area contributed by atoms with Crippen LogP contribution in [0.2, 0.25) is 0 Å². The quantitative estimate of drug-likeness (QED) is 0.770. The number of hydrogen-bond donors (Lipinski definition) is 1. The highest BCUT2D eigenvalue weighted by Gasteiger charge is 2.22. The Kier molecular flexibility index (Phi) is 7.69. The van der Waals surface area contributed by atoms with Crippen molar-refractivity contribution in [1.82, 2.24) is 5.32 Å². The van der Waals surface area contributed by atoms with Crippen molar-refractivity contribution < 1.29 is 9.53 Å². The van der Waals surface area contributed by atoms with Gasteiger partial charge in [-0.3, -0.25) is 4.79 Å². The first kappa shape index (κ1) is 14.8. The molecule has 100 valence electrons. The number of nitrogens with one attached hydrogen (secondary N) is 1. The lowest BCUT2D eigenvalue weighted by molar-refractivity contribution is -0.139. The number of ether oxygens (including phenoxy) is 1. The van der Waals surface area contributed by atoms with Crippen LogP contribution in [0.3, 0.4) is 0 Å². The van der Waals surface area contributed by atoms with Gasteiger partial charge in [-0.05, 0) is 26.8 Å². The molecule has 1 N–H and O–H groups in total. The maximum atomic E-state index is 11.4. The zero-order valence-corrected chi connectivity index (χ0v) is 11.9. The van der Waals surface area contributed by atoms with Crippen LogP contribution in [0.15, 0.2) is 0 Å². The number of carbonyl (C=O) groups is 1. The van der Waals surface area contributed by atoms with Gasteiger partial charge in [0.05, 0.1) is 12.4 Å². The first-order valence-electron chi connectivity index (χ1n) is 6.72. The molecule has 1 aliphatic carbocycles. The van der Waals surface area contributed by atoms with E-state index < -0.39 is 0 Å². The third kappa shape index (κ3) is 5.77. The first-order valence-corrected chi connectivity index (χ1v) is 7.77. The number of hydrogen-bond acceptors (Lipinski definition) is 4. The van der Waals surface area contributed by atoms with Crippen LogP contribution < -0.4 is 5.32 Å². The smallest absolute Gasteiger partial charge is 0.315 e. The second kappa shape index (κ2) is 8.81. The summed E-state index contributed by atoms with van der Waals surface area (Å²) in [4.78, 5) is 11.4. The maximum absolute atomic E-state index is 11.4. The Balaban J connectivity index is 2.37. The van der Waals surface area contributed by atoms with Crippen molar-refractivity contribution in [1.29, 1.82) is 0 Å². The van der Waals surface area contributed by atoms with Crippen LogP contribution in [-0.4, -0.2) is 36.7 Å². The minimum Gasteiger partial charge on any atom is -0.465 e. The minimum atomic E-state index is -0.0746. The van der Waals surface area contributed by atoms with Crippen LogP contribution in [0.1, 0.15) is 45.4 Å². The van der Waals surface area contributed by atoms with E-state index in [4.69, 9.17) is 4.74 Å². The molecule has 1 saturated carbocycles. The molecule has 0 heterocycles. The molecule has 3 nitrogen and oxygen atoms in total. The van der Waals surface area contributed by atoms with Crippen LogP contribution in [0.25, 0.3) is 0 Å². The molecule has 2 atom stereocenters. The Morgan fingerprint density at radius 1 is 1.29 bits per heavy atom. The van der Waals surface area contributed by atoms with Gasteiger partial charge in [0.15, 0.2) is 0 Å². The first-order chi connectivity index (χ1) is 8.27. The molecule has 0 spiro atoms. The van der Waals surface area contributed by atoms with Gasteiger partial charge < -0.3 is 10.1 Å². The third-order valence-corrected chi connectivity index (χ3v) is 4.69. The zero-order valence-electron chi connectivity index (χ0n) is 11.0. The lowest BCUT2D eigenvalue weighted by atomic mass is 9.96. The molecule has 0 saturated heterocycles. The molecule has 0 amide bonds. The van der Waals surface area contributed by atoms with Gasteiger partial charge >= 0.3 is 5.97 Å². The standard InChI is InChI=1S/C13H25NO2S/c1-3-16-13(15)10-17-12-9-7-5-4-6-8-11(12)14-2/h11-12,14H,3-10H2,1-2H3. The summed E-state index contributed by atoms with van der Waals surface area (Å²) in [5.41, 5.74) is 0. The summed E-state index contributed by atoms with van der Waals surface area (Å²) >= 11 is 1.76. The molecule has 4 heteroatoms. The minimum absolute atomic E-state index is 0.0746. The summed E-state index contributed by atoms with van der Waals surface area (Å²) < 4.78 is 4.98. The molecule has 1 fully saturated rings. The van der Waals surface area contributed by atoms with Crippen LogP contribution in [0.4, 0.5) is 0 Å². The van der Waals surface area contributed by atoms with E-state index in [2.05, 4.69) is 5.32 Å². The van der Waals surface area contributed by atoms with Gasteiger partial charge in [0.25, 0.3) is 0 Å². The molecular formula is C13H25NO2S. The van der Waals surface area contributed by atoms with E-state index >= 15 is 0 Å². The predicted octanol–water partition coefficient (Wildman–Crippen LogP) is 2.59. The predicted molar refractivity (Wildman–Crippen MR) is 73.4 cm³/mol. The van der Waals surface area contributed by atoms with Crippen molar-refractivity contribution in [3.8, 4) is 0 Å². The molecule has 0 aromatic heterocycles. The number of thioether (sulfide) groups is 1. The Morgan fingerprint density at radius 2 is 2.00 bits per heavy atom. The third-order valence-electron chi connectivity index (χ3n) is 3.29. The van der Waals surface area contributed by atoms with Crippen molar-refractivity contribution in [2.24, 2.45) is 0 Å². The van der Waals surface area contributed by atoms with Crippen LogP contribution in [0.5, 0.6) is 0 Å². The molecule has 2 unspecified atom stereocenters. The van der Waals surface area contributed by atoms with Gasteiger partial charge in [0.1, 0.15) is 0 Å². The summed E-state index contributed by atoms with van der Waals surface area (Å²) in [6.07, 6.45) is 7.74. The highest BCUT2D eigenvalue weighted by molar-refractivity contribution is 8.00. The van der Waals surface area contributed by atoms with Gasteiger partial charge in [-0.15, -0.1) is 11.8 Å². The second-order valence-corrected chi connectivity index (χ2v) is 5.77. The Labute approximate surface area is 109 Å². The normalized spacial score (nSPS) is 26.0. The van der Waals surface area contributed by atoms with E-state index in [0.29, 0.717) is 23.7 Å². The van der Waals surface area contributed by atoms with Crippen molar-refractivity contribution in [3.63, 3.8) is 0 Å². The van der Waals surface area contributed by atoms with E-state index in [1.54, 1.807) is 11.8 Å². The fourth-order valence-corrected chi connectivity index (χ4v) is 3.63. The molecule has 0 aliphatic heterocycles. The van der Waals surface area contributed by atoms with E-state index in [0.717, 1.165) is 0 Å². The molecule has 1 aliphatic rings. The Morgan fingerprint density at radius 3 is 2.65 bits per heavy atom. The maximum Gasteiger partial charge on any atom is 0.315 e. The van der Waals surface area contributed by atoms with Crippen molar-refractivity contribution in [2.75, 3.05) is 19.4 Å². The lowest BCUT2D eigenvalue weighted by Gasteiger charge is -2.28. The highest BCUT2D eigenvalue weighted by atomic mass is 32.2. The number of carbonyl (C=O) groups excluding carboxylic acids is 1. The van der Waals surface area contributed by atoms with Gasteiger partial charge in [-0.1, -0.05) is 25.7 Å². The van der Waals surface area contributed by atoms with Crippen LogP contribution in [0, 0.1) is 0 Å². The fraction of sp³-hybridized carbons (Fsp3) is 0.923. The SMILES string of the molecule is CCOC(=O)CSC1CCCCCCC1NC. The van der Waals surface area contributed by atoms with Gasteiger partial charge in [-0.25, -0.2) is 0 Å². The van der Waals surface area contributed by atoms with Gasteiger partial charge in [-0.2, -0.15) is 0 Å². The summed E-state index contributed by atoms with van der Waals surface area (Å²) in [6.45, 7) is 2.34. The van der Waals surface area contributed by atoms with Crippen molar-refractivity contribution in [2.45, 2.75) is 56.7 Å². The van der Waals surface area contributed by atoms with Crippen molar-refractivity contribution in [3.05, 3.63) is 0 Å². The Hall–Kier alpha value is -0.220. The van der Waals surface area contributed by atoms with E-state index in [1.165, 1.54) is 38.5 Å². The molecule has 1 rings (SSSR count). The van der Waals surface area contributed by atoms with E-state index in [-0.39, 0.29) is 5.97 Å². The van der Waals surface area contributed by atoms with Crippen LogP contribution >= 0.6 is 11.8 Å². The monoisotopic (exact) mass is 259 g/mol. The van der Waals surface area contributed by atoms with E-state index in [9.17, 15) is 4.79 Å². The van der Waals surface area contributed by atoms with E-state index in [1.807, 2.05) is 14.0 Å². The summed E-state index contributed by atoms with van der Waals surface area (Å²) in [7, 11) is 2.03. The molecule has 0 aromatic carbocycles. The molecule has 17 heavy (non-hydrogen) atoms. The zero-order chi connectivity index (χ0) is 12.5. The lowest BCUT2D eigenvalue weighted by Crippen LogP contribution is -2.37. The summed E-state index contributed by atoms with van der Waals surface area (Å²) in [6, 6.07) is 0.551. The molecule has 0 bridgehead atoms. The molecular weight excluding hydrogens is 234 g/mol. The molecule has 0 radical (unpaired) electrons. The Bertz CT molecular complexity index is 223. The average molecular weight is 259 g/mol. The fourth-order valence-electron chi connectivity index (χ4n) is 2.36. The number of rotatable bonds is 5. The summed E-state index contributed by atoms with van der Waals surface area (Å²) in [5.74, 6) is 0.422. The largest absolute Gasteiger partial charge is 0.465 e. The second-order valence-electron chi connectivity index (χ2n) is 4.54. The molecule has 0 aromatic rings. The van der Waals surface area contributed by atoms with Crippen molar-refractivity contribution >= 4 is 17.7 Å².